The maximum atomic E-state index is 5.61. The van der Waals surface area contributed by atoms with E-state index in [1.54, 1.807) is 6.08 Å². The molecule has 0 bridgehead atoms. The van der Waals surface area contributed by atoms with Crippen LogP contribution in [0.2, 0.25) is 0 Å². The molecule has 27 heavy (non-hydrogen) atoms. The zero-order chi connectivity index (χ0) is 19.6. The Hall–Kier alpha value is -3.19. The minimum Gasteiger partial charge on any atom is -0.486 e. The van der Waals surface area contributed by atoms with Crippen LogP contribution in [0.25, 0.3) is 10.9 Å². The van der Waals surface area contributed by atoms with Crippen molar-refractivity contribution in [2.24, 2.45) is 0 Å². The monoisotopic (exact) mass is 363 g/mol. The maximum Gasteiger partial charge on any atom is 0.170 e. The molecular weight excluding hydrogens is 338 g/mol. The Labute approximate surface area is 161 Å². The Morgan fingerprint density at radius 2 is 2.00 bits per heavy atom. The van der Waals surface area contributed by atoms with E-state index in [1.807, 2.05) is 57.2 Å². The molecule has 4 nitrogen and oxygen atoms in total. The quantitative estimate of drug-likeness (QED) is 0.567. The third-order valence-corrected chi connectivity index (χ3v) is 3.85. The highest BCUT2D eigenvalue weighted by Gasteiger charge is 2.14. The first-order valence-corrected chi connectivity index (χ1v) is 8.75. The molecular formula is C23H25NO3. The molecule has 3 rings (SSSR count). The van der Waals surface area contributed by atoms with Gasteiger partial charge in [0.05, 0.1) is 5.52 Å². The Morgan fingerprint density at radius 1 is 1.22 bits per heavy atom. The molecule has 0 N–H and O–H groups in total. The van der Waals surface area contributed by atoms with Gasteiger partial charge in [-0.05, 0) is 50.6 Å². The van der Waals surface area contributed by atoms with Gasteiger partial charge in [0.2, 0.25) is 0 Å². The molecule has 2 aromatic rings. The molecule has 1 aliphatic heterocycles. The molecule has 2 heterocycles. The van der Waals surface area contributed by atoms with Gasteiger partial charge in [-0.1, -0.05) is 36.8 Å². The summed E-state index contributed by atoms with van der Waals surface area (Å²) in [4.78, 5) is 4.45. The average Bonchev–Trinajstić information content (AvgIpc) is 2.70. The van der Waals surface area contributed by atoms with E-state index in [2.05, 4.69) is 17.7 Å². The number of hydrogen-bond donors (Lipinski definition) is 0. The largest absolute Gasteiger partial charge is 0.486 e. The number of nitrogens with zero attached hydrogens (tertiary/aromatic N) is 1. The lowest BCUT2D eigenvalue weighted by Gasteiger charge is -2.19. The highest BCUT2D eigenvalue weighted by atomic mass is 16.6. The summed E-state index contributed by atoms with van der Waals surface area (Å²) in [6.07, 6.45) is 12.8. The van der Waals surface area contributed by atoms with Crippen molar-refractivity contribution in [1.82, 2.24) is 4.98 Å². The lowest BCUT2D eigenvalue weighted by Crippen LogP contribution is -2.15. The average molecular weight is 363 g/mol. The van der Waals surface area contributed by atoms with Crippen molar-refractivity contribution in [1.29, 1.82) is 0 Å². The predicted octanol–water partition coefficient (Wildman–Crippen LogP) is 4.99. The number of aryl methyl sites for hydroxylation is 1. The molecule has 1 aromatic heterocycles. The summed E-state index contributed by atoms with van der Waals surface area (Å²) < 4.78 is 15.9. The molecule has 1 aromatic carbocycles. The maximum absolute atomic E-state index is 5.61. The van der Waals surface area contributed by atoms with Crippen LogP contribution in [-0.4, -0.2) is 24.8 Å². The lowest BCUT2D eigenvalue weighted by atomic mass is 10.1. The first kappa shape index (κ1) is 20.1. The Kier molecular flexibility index (Phi) is 7.51. The molecule has 0 atom stereocenters. The van der Waals surface area contributed by atoms with Gasteiger partial charge >= 0.3 is 0 Å². The third-order valence-electron chi connectivity index (χ3n) is 3.85. The van der Waals surface area contributed by atoms with Crippen LogP contribution >= 0.6 is 0 Å². The first-order valence-electron chi connectivity index (χ1n) is 8.75. The molecule has 0 aliphatic carbocycles. The minimum absolute atomic E-state index is 0.484. The predicted molar refractivity (Wildman–Crippen MR) is 110 cm³/mol. The summed E-state index contributed by atoms with van der Waals surface area (Å²) >= 11 is 0. The van der Waals surface area contributed by atoms with Crippen LogP contribution in [0.15, 0.2) is 60.2 Å². The highest BCUT2D eigenvalue weighted by molar-refractivity contribution is 5.88. The zero-order valence-corrected chi connectivity index (χ0v) is 16.1. The van der Waals surface area contributed by atoms with Crippen LogP contribution in [0.3, 0.4) is 0 Å². The van der Waals surface area contributed by atoms with E-state index in [0.29, 0.717) is 19.8 Å². The van der Waals surface area contributed by atoms with Gasteiger partial charge in [0.1, 0.15) is 25.9 Å². The summed E-state index contributed by atoms with van der Waals surface area (Å²) in [6.45, 7) is 11.3. The molecule has 0 unspecified atom stereocenters. The van der Waals surface area contributed by atoms with Crippen molar-refractivity contribution < 1.29 is 14.2 Å². The minimum atomic E-state index is 0.484. The number of terminal acetylenes is 1. The van der Waals surface area contributed by atoms with Gasteiger partial charge in [-0.25, -0.2) is 0 Å². The molecule has 0 spiro atoms. The van der Waals surface area contributed by atoms with E-state index >= 15 is 0 Å². The van der Waals surface area contributed by atoms with E-state index in [1.165, 1.54) is 0 Å². The Morgan fingerprint density at radius 3 is 2.74 bits per heavy atom. The number of pyridine rings is 1. The fourth-order valence-electron chi connectivity index (χ4n) is 2.36. The van der Waals surface area contributed by atoms with Crippen LogP contribution in [0, 0.1) is 19.5 Å². The number of benzene rings is 1. The van der Waals surface area contributed by atoms with Crippen LogP contribution < -0.4 is 9.47 Å². The summed E-state index contributed by atoms with van der Waals surface area (Å²) in [6, 6.07) is 7.91. The molecule has 0 saturated carbocycles. The smallest absolute Gasteiger partial charge is 0.170 e. The van der Waals surface area contributed by atoms with Gasteiger partial charge in [-0.15, -0.1) is 0 Å². The van der Waals surface area contributed by atoms with Crippen molar-refractivity contribution in [3.63, 3.8) is 0 Å². The molecule has 1 aliphatic rings. The van der Waals surface area contributed by atoms with Crippen molar-refractivity contribution in [2.45, 2.75) is 20.8 Å². The van der Waals surface area contributed by atoms with Gasteiger partial charge in [-0.3, -0.25) is 4.98 Å². The molecule has 0 amide bonds. The van der Waals surface area contributed by atoms with E-state index < -0.39 is 0 Å². The Bertz CT molecular complexity index is 904. The van der Waals surface area contributed by atoms with E-state index in [0.717, 1.165) is 39.2 Å². The fourth-order valence-corrected chi connectivity index (χ4v) is 2.36. The van der Waals surface area contributed by atoms with Gasteiger partial charge in [0, 0.05) is 11.1 Å². The second-order valence-corrected chi connectivity index (χ2v) is 6.14. The van der Waals surface area contributed by atoms with E-state index in [-0.39, 0.29) is 0 Å². The number of allylic oxidation sites excluding steroid dienone is 4. The van der Waals surface area contributed by atoms with E-state index in [4.69, 9.17) is 20.6 Å². The normalized spacial score (nSPS) is 13.3. The number of aromatic nitrogens is 1. The number of rotatable bonds is 4. The van der Waals surface area contributed by atoms with Gasteiger partial charge in [-0.2, -0.15) is 0 Å². The standard InChI is InChI=1S/C12H11NO2.C11H14O/c1-8-2-3-9-10(13-8)4-5-11-12(9)15-7-6-14-11;1-5-10(3)7-8-11(4)9-12-6-2/h2-5H,6-7H2,1H3;2,5,7-8H,1,9H2,3-4H3/b;10-7-,11-8+. The fraction of sp³-hybridized carbons (Fsp3) is 0.261. The molecule has 0 radical (unpaired) electrons. The summed E-state index contributed by atoms with van der Waals surface area (Å²) in [7, 11) is 0. The first-order chi connectivity index (χ1) is 13.0. The zero-order valence-electron chi connectivity index (χ0n) is 16.1. The van der Waals surface area contributed by atoms with Crippen LogP contribution in [0.4, 0.5) is 0 Å². The van der Waals surface area contributed by atoms with Crippen LogP contribution in [0.5, 0.6) is 11.5 Å². The number of fused-ring (bicyclic) bond motifs is 3. The molecule has 140 valence electrons. The molecule has 4 heteroatoms. The van der Waals surface area contributed by atoms with Crippen molar-refractivity contribution in [3.05, 3.63) is 65.9 Å². The highest BCUT2D eigenvalue weighted by Crippen LogP contribution is 2.36. The third kappa shape index (κ3) is 5.93. The van der Waals surface area contributed by atoms with Gasteiger partial charge in [0.25, 0.3) is 0 Å². The molecule has 0 saturated heterocycles. The van der Waals surface area contributed by atoms with Crippen molar-refractivity contribution in [2.75, 3.05) is 19.8 Å². The van der Waals surface area contributed by atoms with Gasteiger partial charge < -0.3 is 14.2 Å². The van der Waals surface area contributed by atoms with Crippen LogP contribution in [0.1, 0.15) is 19.5 Å². The summed E-state index contributed by atoms with van der Waals surface area (Å²) in [5.41, 5.74) is 4.18. The number of hydrogen-bond acceptors (Lipinski definition) is 4. The summed E-state index contributed by atoms with van der Waals surface area (Å²) in [5, 5.41) is 1.03. The summed E-state index contributed by atoms with van der Waals surface area (Å²) in [5.74, 6) is 1.64. The van der Waals surface area contributed by atoms with Crippen molar-refractivity contribution in [3.8, 4) is 24.0 Å². The van der Waals surface area contributed by atoms with Gasteiger partial charge in [0.15, 0.2) is 11.5 Å². The second-order valence-electron chi connectivity index (χ2n) is 6.14. The topological polar surface area (TPSA) is 40.6 Å². The Balaban J connectivity index is 0.000000201. The van der Waals surface area contributed by atoms with Crippen LogP contribution in [-0.2, 0) is 4.74 Å². The number of ether oxygens (including phenoxy) is 3. The van der Waals surface area contributed by atoms with Crippen molar-refractivity contribution >= 4 is 10.9 Å². The second kappa shape index (κ2) is 10.1. The molecule has 0 fully saturated rings. The van der Waals surface area contributed by atoms with E-state index in [9.17, 15) is 0 Å². The SMILES string of the molecule is C#COC/C(C)=C/C=C(/C)C=C.Cc1ccc2c3c(ccc2n1)OCCO3. The lowest BCUT2D eigenvalue weighted by molar-refractivity contribution is 0.174.